The Kier molecular flexibility index (Phi) is 3.92. The summed E-state index contributed by atoms with van der Waals surface area (Å²) in [5.41, 5.74) is 3.51. The van der Waals surface area contributed by atoms with E-state index >= 15 is 0 Å². The lowest BCUT2D eigenvalue weighted by Crippen LogP contribution is -2.28. The van der Waals surface area contributed by atoms with E-state index in [1.807, 2.05) is 32.3 Å². The van der Waals surface area contributed by atoms with Crippen molar-refractivity contribution in [3.05, 3.63) is 69.2 Å². The second kappa shape index (κ2) is 5.70. The highest BCUT2D eigenvalue weighted by atomic mass is 35.5. The zero-order valence-electron chi connectivity index (χ0n) is 12.0. The smallest absolute Gasteiger partial charge is 0.104 e. The van der Waals surface area contributed by atoms with E-state index in [0.717, 1.165) is 17.8 Å². The van der Waals surface area contributed by atoms with E-state index in [1.54, 1.807) is 6.07 Å². The maximum Gasteiger partial charge on any atom is 0.104 e. The standard InChI is InChI=1S/C17H16Cl2N2/c1-21(2)16-9-11-5-3-4-6-13(11)17(20-16)14-8-7-12(18)10-15(14)19/h3-8,10,17H,9H2,1-2H3. The molecule has 0 aliphatic carbocycles. The number of rotatable bonds is 1. The van der Waals surface area contributed by atoms with Gasteiger partial charge in [-0.05, 0) is 28.8 Å². The van der Waals surface area contributed by atoms with Crippen LogP contribution in [0.4, 0.5) is 0 Å². The van der Waals surface area contributed by atoms with Crippen LogP contribution in [0.25, 0.3) is 0 Å². The minimum absolute atomic E-state index is 0.0721. The van der Waals surface area contributed by atoms with E-state index < -0.39 is 0 Å². The van der Waals surface area contributed by atoms with Crippen LogP contribution in [0.5, 0.6) is 0 Å². The number of benzene rings is 2. The van der Waals surface area contributed by atoms with Gasteiger partial charge in [-0.25, -0.2) is 0 Å². The summed E-state index contributed by atoms with van der Waals surface area (Å²) >= 11 is 12.4. The fourth-order valence-corrected chi connectivity index (χ4v) is 3.14. The monoisotopic (exact) mass is 318 g/mol. The Morgan fingerprint density at radius 1 is 1.05 bits per heavy atom. The van der Waals surface area contributed by atoms with Crippen LogP contribution in [-0.4, -0.2) is 24.8 Å². The van der Waals surface area contributed by atoms with Gasteiger partial charge in [0.15, 0.2) is 0 Å². The van der Waals surface area contributed by atoms with E-state index in [4.69, 9.17) is 28.2 Å². The van der Waals surface area contributed by atoms with Gasteiger partial charge in [0.25, 0.3) is 0 Å². The summed E-state index contributed by atoms with van der Waals surface area (Å²) in [6, 6.07) is 13.9. The van der Waals surface area contributed by atoms with E-state index in [0.29, 0.717) is 10.0 Å². The Balaban J connectivity index is 2.15. The molecule has 1 aliphatic heterocycles. The van der Waals surface area contributed by atoms with Gasteiger partial charge >= 0.3 is 0 Å². The lowest BCUT2D eigenvalue weighted by molar-refractivity contribution is 0.592. The average Bonchev–Trinajstić information content (AvgIpc) is 2.46. The summed E-state index contributed by atoms with van der Waals surface area (Å²) in [5, 5.41) is 1.30. The van der Waals surface area contributed by atoms with Crippen LogP contribution in [-0.2, 0) is 6.42 Å². The summed E-state index contributed by atoms with van der Waals surface area (Å²) in [6.07, 6.45) is 0.852. The molecule has 2 nitrogen and oxygen atoms in total. The largest absolute Gasteiger partial charge is 0.366 e. The highest BCUT2D eigenvalue weighted by Gasteiger charge is 2.25. The predicted molar refractivity (Wildman–Crippen MR) is 89.6 cm³/mol. The molecule has 0 fully saturated rings. The molecule has 0 spiro atoms. The molecule has 0 radical (unpaired) electrons. The normalized spacial score (nSPS) is 17.1. The fraction of sp³-hybridized carbons (Fsp3) is 0.235. The van der Waals surface area contributed by atoms with Gasteiger partial charge in [0, 0.05) is 30.6 Å². The molecule has 0 N–H and O–H groups in total. The van der Waals surface area contributed by atoms with Crippen molar-refractivity contribution >= 4 is 29.0 Å². The average molecular weight is 319 g/mol. The number of hydrogen-bond acceptors (Lipinski definition) is 2. The maximum absolute atomic E-state index is 6.39. The Labute approximate surface area is 135 Å². The van der Waals surface area contributed by atoms with Gasteiger partial charge < -0.3 is 4.90 Å². The molecule has 1 heterocycles. The zero-order chi connectivity index (χ0) is 15.0. The van der Waals surface area contributed by atoms with Crippen molar-refractivity contribution in [2.45, 2.75) is 12.5 Å². The number of halogens is 2. The molecule has 0 bridgehead atoms. The van der Waals surface area contributed by atoms with E-state index in [-0.39, 0.29) is 6.04 Å². The SMILES string of the molecule is CN(C)C1=NC(c2ccc(Cl)cc2Cl)c2ccccc2C1. The predicted octanol–water partition coefficient (Wildman–Crippen LogP) is 4.60. The third kappa shape index (κ3) is 2.78. The van der Waals surface area contributed by atoms with Crippen molar-refractivity contribution in [1.29, 1.82) is 0 Å². The molecule has 1 aliphatic rings. The second-order valence-electron chi connectivity index (χ2n) is 5.38. The van der Waals surface area contributed by atoms with Crippen LogP contribution < -0.4 is 0 Å². The van der Waals surface area contributed by atoms with E-state index in [2.05, 4.69) is 23.1 Å². The summed E-state index contributed by atoms with van der Waals surface area (Å²) in [6.45, 7) is 0. The molecule has 1 unspecified atom stereocenters. The molecule has 1 atom stereocenters. The van der Waals surface area contributed by atoms with Crippen LogP contribution >= 0.6 is 23.2 Å². The van der Waals surface area contributed by atoms with Gasteiger partial charge in [-0.15, -0.1) is 0 Å². The molecule has 2 aromatic rings. The molecule has 2 aromatic carbocycles. The van der Waals surface area contributed by atoms with Crippen LogP contribution in [0.3, 0.4) is 0 Å². The van der Waals surface area contributed by atoms with Crippen LogP contribution in [0, 0.1) is 0 Å². The summed E-state index contributed by atoms with van der Waals surface area (Å²) in [4.78, 5) is 6.96. The molecule has 21 heavy (non-hydrogen) atoms. The first-order chi connectivity index (χ1) is 10.1. The van der Waals surface area contributed by atoms with Gasteiger partial charge in [-0.3, -0.25) is 4.99 Å². The van der Waals surface area contributed by atoms with Gasteiger partial charge in [-0.1, -0.05) is 53.5 Å². The Morgan fingerprint density at radius 2 is 1.81 bits per heavy atom. The minimum atomic E-state index is -0.0721. The number of amidine groups is 1. The summed E-state index contributed by atoms with van der Waals surface area (Å²) in [7, 11) is 4.04. The third-order valence-corrected chi connectivity index (χ3v) is 4.31. The quantitative estimate of drug-likeness (QED) is 0.750. The van der Waals surface area contributed by atoms with Crippen molar-refractivity contribution in [2.75, 3.05) is 14.1 Å². The lowest BCUT2D eigenvalue weighted by atomic mass is 9.90. The molecule has 108 valence electrons. The van der Waals surface area contributed by atoms with Crippen molar-refractivity contribution in [1.82, 2.24) is 4.90 Å². The molecule has 0 amide bonds. The number of nitrogens with zero attached hydrogens (tertiary/aromatic N) is 2. The van der Waals surface area contributed by atoms with Gasteiger partial charge in [0.2, 0.25) is 0 Å². The molecule has 3 rings (SSSR count). The minimum Gasteiger partial charge on any atom is -0.366 e. The van der Waals surface area contributed by atoms with Crippen molar-refractivity contribution in [3.8, 4) is 0 Å². The number of aliphatic imine (C=N–C) groups is 1. The summed E-state index contributed by atoms with van der Waals surface area (Å²) < 4.78 is 0. The number of likely N-dealkylation sites (N-methyl/N-ethyl adjacent to an activating group) is 1. The Morgan fingerprint density at radius 3 is 2.52 bits per heavy atom. The molecule has 4 heteroatoms. The third-order valence-electron chi connectivity index (χ3n) is 3.75. The highest BCUT2D eigenvalue weighted by Crippen LogP contribution is 2.37. The molecular formula is C17H16Cl2N2. The van der Waals surface area contributed by atoms with Crippen molar-refractivity contribution < 1.29 is 0 Å². The van der Waals surface area contributed by atoms with Crippen molar-refractivity contribution in [3.63, 3.8) is 0 Å². The molecule has 0 saturated carbocycles. The zero-order valence-corrected chi connectivity index (χ0v) is 13.5. The fourth-order valence-electron chi connectivity index (χ4n) is 2.63. The molecule has 0 aromatic heterocycles. The van der Waals surface area contributed by atoms with Crippen LogP contribution in [0.15, 0.2) is 47.5 Å². The second-order valence-corrected chi connectivity index (χ2v) is 6.23. The van der Waals surface area contributed by atoms with Crippen LogP contribution in [0.2, 0.25) is 10.0 Å². The maximum atomic E-state index is 6.39. The summed E-state index contributed by atoms with van der Waals surface area (Å²) in [5.74, 6) is 1.06. The van der Waals surface area contributed by atoms with Crippen LogP contribution in [0.1, 0.15) is 22.7 Å². The van der Waals surface area contributed by atoms with Gasteiger partial charge in [0.1, 0.15) is 11.9 Å². The topological polar surface area (TPSA) is 15.6 Å². The van der Waals surface area contributed by atoms with Gasteiger partial charge in [0.05, 0.1) is 0 Å². The molecular weight excluding hydrogens is 303 g/mol. The van der Waals surface area contributed by atoms with E-state index in [1.165, 1.54) is 11.1 Å². The van der Waals surface area contributed by atoms with E-state index in [9.17, 15) is 0 Å². The molecule has 0 saturated heterocycles. The van der Waals surface area contributed by atoms with Crippen molar-refractivity contribution in [2.24, 2.45) is 4.99 Å². The first kappa shape index (κ1) is 14.4. The van der Waals surface area contributed by atoms with Gasteiger partial charge in [-0.2, -0.15) is 0 Å². The Bertz CT molecular complexity index is 708. The number of fused-ring (bicyclic) bond motifs is 1. The Hall–Kier alpha value is -1.51. The first-order valence-electron chi connectivity index (χ1n) is 6.83. The first-order valence-corrected chi connectivity index (χ1v) is 7.58. The highest BCUT2D eigenvalue weighted by molar-refractivity contribution is 6.35. The lowest BCUT2D eigenvalue weighted by Gasteiger charge is -2.28. The number of hydrogen-bond donors (Lipinski definition) is 0.